The van der Waals surface area contributed by atoms with Crippen LogP contribution >= 0.6 is 31.9 Å². The van der Waals surface area contributed by atoms with Crippen LogP contribution in [-0.4, -0.2) is 136 Å². The Morgan fingerprint density at radius 3 is 1.88 bits per heavy atom. The summed E-state index contributed by atoms with van der Waals surface area (Å²) in [6.07, 6.45) is 1.73. The van der Waals surface area contributed by atoms with E-state index in [1.54, 1.807) is 62.8 Å². The Balaban J connectivity index is 1.24. The van der Waals surface area contributed by atoms with Crippen molar-refractivity contribution in [3.8, 4) is 0 Å². The lowest BCUT2D eigenvalue weighted by molar-refractivity contribution is -0.357. The molecule has 16 nitrogen and oxygen atoms in total. The summed E-state index contributed by atoms with van der Waals surface area (Å²) in [7, 11) is 4.83. The van der Waals surface area contributed by atoms with Gasteiger partial charge in [-0.15, -0.1) is 0 Å². The lowest BCUT2D eigenvalue weighted by Gasteiger charge is -2.52. The molecule has 0 radical (unpaired) electrons. The summed E-state index contributed by atoms with van der Waals surface area (Å²) >= 11 is 6.91. The van der Waals surface area contributed by atoms with Crippen molar-refractivity contribution >= 4 is 55.7 Å². The van der Waals surface area contributed by atoms with E-state index in [4.69, 9.17) is 56.8 Å². The number of carbonyl (C=O) groups excluding carboxylic acids is 4. The third-order valence-corrected chi connectivity index (χ3v) is 17.9. The van der Waals surface area contributed by atoms with Gasteiger partial charge in [0.15, 0.2) is 17.7 Å². The van der Waals surface area contributed by atoms with E-state index in [2.05, 4.69) is 66.5 Å². The van der Waals surface area contributed by atoms with Gasteiger partial charge in [0.2, 0.25) is 0 Å². The van der Waals surface area contributed by atoms with Crippen molar-refractivity contribution in [2.75, 3.05) is 21.3 Å². The van der Waals surface area contributed by atoms with Crippen molar-refractivity contribution < 1.29 is 76.0 Å². The topological polar surface area (TPSA) is 179 Å². The summed E-state index contributed by atoms with van der Waals surface area (Å²) in [4.78, 5) is 53.0. The van der Waals surface area contributed by atoms with Gasteiger partial charge < -0.3 is 56.8 Å². The molecule has 450 valence electrons. The molecule has 80 heavy (non-hydrogen) atoms. The molecular weight excluding hydrogens is 1160 g/mol. The summed E-state index contributed by atoms with van der Waals surface area (Å²) in [5, 5.41) is 0. The maximum Gasteiger partial charge on any atom is 0.338 e. The number of rotatable bonds is 25. The van der Waals surface area contributed by atoms with Crippen LogP contribution in [0.1, 0.15) is 174 Å². The van der Waals surface area contributed by atoms with Crippen molar-refractivity contribution in [1.29, 1.82) is 0 Å². The van der Waals surface area contributed by atoms with E-state index in [-0.39, 0.29) is 103 Å². The highest BCUT2D eigenvalue weighted by Gasteiger charge is 2.51. The lowest BCUT2D eigenvalue weighted by Crippen LogP contribution is -2.58. The monoisotopic (exact) mass is 1250 g/mol. The standard InChI is InChI=1S/C62H92Br2O16/c1-35(16-28-55(66)71-14)15-26-47(73-41(7)65)31-53-58(76-60(68)43-20-24-45(64)25-21-43)54(75-59(67)42-18-22-44(63)23-19-42)33-49(74-53)32-50(70-13)38(4)51-34-52(78-61(8,9)77-51)39(5)57-40(6)56(79-62(10,11)80-57)36(2)17-27-46-30-48(69-12)29-37(3)72-46/h18-25,35-40,46-54,56-58H,15-17,26-34H2,1-14H3/t35?,36-,37-,38+,39-,40-,46-,47-,48+,49+,50-,51-,52+,53+,54-,56-,57-,58+/m0/s1. The molecule has 0 amide bonds. The molecule has 2 aromatic rings. The maximum absolute atomic E-state index is 14.1. The van der Waals surface area contributed by atoms with Crippen LogP contribution in [0.15, 0.2) is 57.5 Å². The SMILES string of the molecule is COC(=O)CCC(C)CC[C@@H](C[C@H]1O[C@H](C[C@H](OC)[C@@H](C)[C@@H]2C[C@H]([C@H](C)[C@@H]3OC(C)(C)O[C@@H]([C@@H](C)CC[C@H]4C[C@H](OC)C[C@H](C)O4)[C@@H]3C)OC(C)(C)O2)C[C@H](OC(=O)c2ccc(Br)cc2)[C@@H]1OC(=O)c1ccc(Br)cc1)OC(C)=O. The van der Waals surface area contributed by atoms with Gasteiger partial charge in [-0.3, -0.25) is 9.59 Å². The molecule has 4 fully saturated rings. The molecule has 0 aromatic heterocycles. The molecule has 4 heterocycles. The molecule has 1 unspecified atom stereocenters. The van der Waals surface area contributed by atoms with E-state index in [1.165, 1.54) is 14.0 Å². The fourth-order valence-corrected chi connectivity index (χ4v) is 13.0. The first-order chi connectivity index (χ1) is 37.8. The van der Waals surface area contributed by atoms with E-state index in [1.807, 2.05) is 34.6 Å². The van der Waals surface area contributed by atoms with Gasteiger partial charge in [-0.05, 0) is 140 Å². The Kier molecular flexibility index (Phi) is 24.9. The lowest BCUT2D eigenvalue weighted by atomic mass is 9.77. The number of carbonyl (C=O) groups is 4. The Morgan fingerprint density at radius 1 is 0.675 bits per heavy atom. The largest absolute Gasteiger partial charge is 0.469 e. The number of esters is 4. The van der Waals surface area contributed by atoms with Crippen molar-refractivity contribution in [3.63, 3.8) is 0 Å². The molecule has 0 N–H and O–H groups in total. The molecule has 0 bridgehead atoms. The van der Waals surface area contributed by atoms with Crippen LogP contribution in [0, 0.1) is 29.6 Å². The summed E-state index contributed by atoms with van der Waals surface area (Å²) in [6.45, 7) is 22.3. The van der Waals surface area contributed by atoms with E-state index in [9.17, 15) is 19.2 Å². The molecule has 6 rings (SSSR count). The number of hydrogen-bond acceptors (Lipinski definition) is 16. The van der Waals surface area contributed by atoms with Gasteiger partial charge in [-0.25, -0.2) is 9.59 Å². The first-order valence-electron chi connectivity index (χ1n) is 29.0. The van der Waals surface area contributed by atoms with Crippen molar-refractivity contribution in [1.82, 2.24) is 0 Å². The number of benzene rings is 2. The van der Waals surface area contributed by atoms with Gasteiger partial charge in [0.05, 0.1) is 73.2 Å². The van der Waals surface area contributed by atoms with Crippen LogP contribution in [0.3, 0.4) is 0 Å². The molecule has 18 heteroatoms. The normalized spacial score (nSPS) is 30.9. The highest BCUT2D eigenvalue weighted by atomic mass is 79.9. The van der Waals surface area contributed by atoms with Gasteiger partial charge in [0, 0.05) is 79.9 Å². The minimum atomic E-state index is -1.11. The Morgan fingerprint density at radius 2 is 1.27 bits per heavy atom. The molecule has 0 aliphatic carbocycles. The molecule has 4 aliphatic rings. The quantitative estimate of drug-likeness (QED) is 0.0676. The number of methoxy groups -OCH3 is 3. The number of hydrogen-bond donors (Lipinski definition) is 0. The second-order valence-electron chi connectivity index (χ2n) is 24.2. The van der Waals surface area contributed by atoms with E-state index in [0.717, 1.165) is 34.6 Å². The smallest absolute Gasteiger partial charge is 0.338 e. The van der Waals surface area contributed by atoms with Gasteiger partial charge in [0.1, 0.15) is 18.3 Å². The third-order valence-electron chi connectivity index (χ3n) is 16.8. The fourth-order valence-electron chi connectivity index (χ4n) is 12.4. The second kappa shape index (κ2) is 30.2. The molecule has 0 spiro atoms. The number of ether oxygens (including phenoxy) is 12. The molecule has 2 aromatic carbocycles. The average molecular weight is 1250 g/mol. The zero-order valence-electron chi connectivity index (χ0n) is 49.8. The summed E-state index contributed by atoms with van der Waals surface area (Å²) in [5.74, 6) is -3.65. The van der Waals surface area contributed by atoms with Crippen LogP contribution < -0.4 is 0 Å². The molecule has 0 saturated carbocycles. The zero-order valence-corrected chi connectivity index (χ0v) is 53.0. The first-order valence-corrected chi connectivity index (χ1v) is 30.6. The predicted octanol–water partition coefficient (Wildman–Crippen LogP) is 12.6. The second-order valence-corrected chi connectivity index (χ2v) is 26.0. The van der Waals surface area contributed by atoms with Crippen LogP contribution in [-0.2, 0) is 66.4 Å². The van der Waals surface area contributed by atoms with Crippen molar-refractivity contribution in [2.45, 2.75) is 244 Å². The van der Waals surface area contributed by atoms with Crippen LogP contribution in [0.5, 0.6) is 0 Å². The minimum absolute atomic E-state index is 0.0478. The number of halogens is 2. The van der Waals surface area contributed by atoms with Gasteiger partial charge >= 0.3 is 23.9 Å². The van der Waals surface area contributed by atoms with E-state index in [0.29, 0.717) is 37.7 Å². The van der Waals surface area contributed by atoms with Crippen molar-refractivity contribution in [2.24, 2.45) is 29.6 Å². The average Bonchev–Trinajstić information content (AvgIpc) is 3.47. The van der Waals surface area contributed by atoms with E-state index >= 15 is 0 Å². The molecule has 4 aliphatic heterocycles. The highest BCUT2D eigenvalue weighted by Crippen LogP contribution is 2.44. The van der Waals surface area contributed by atoms with Crippen LogP contribution in [0.2, 0.25) is 0 Å². The zero-order chi connectivity index (χ0) is 58.6. The summed E-state index contributed by atoms with van der Waals surface area (Å²) in [6, 6.07) is 13.6. The van der Waals surface area contributed by atoms with Gasteiger partial charge in [-0.2, -0.15) is 0 Å². The molecule has 18 atom stereocenters. The van der Waals surface area contributed by atoms with Crippen LogP contribution in [0.4, 0.5) is 0 Å². The van der Waals surface area contributed by atoms with Crippen LogP contribution in [0.25, 0.3) is 0 Å². The molecule has 4 saturated heterocycles. The van der Waals surface area contributed by atoms with Gasteiger partial charge in [0.25, 0.3) is 0 Å². The van der Waals surface area contributed by atoms with Crippen molar-refractivity contribution in [3.05, 3.63) is 68.6 Å². The highest BCUT2D eigenvalue weighted by molar-refractivity contribution is 9.10. The Bertz CT molecular complexity index is 2280. The summed E-state index contributed by atoms with van der Waals surface area (Å²) < 4.78 is 78.0. The maximum atomic E-state index is 14.1. The fraction of sp³-hybridized carbons (Fsp3) is 0.742. The minimum Gasteiger partial charge on any atom is -0.469 e. The van der Waals surface area contributed by atoms with Gasteiger partial charge in [-0.1, -0.05) is 66.5 Å². The third kappa shape index (κ3) is 19.2. The summed E-state index contributed by atoms with van der Waals surface area (Å²) in [5.41, 5.74) is 0.598. The Hall–Kier alpha value is -3.04. The van der Waals surface area contributed by atoms with E-state index < -0.39 is 66.1 Å². The Labute approximate surface area is 492 Å². The first kappa shape index (κ1) is 66.1. The molecular formula is C62H92Br2O16. The predicted molar refractivity (Wildman–Crippen MR) is 308 cm³/mol.